The van der Waals surface area contributed by atoms with Gasteiger partial charge in [0.1, 0.15) is 11.4 Å². The number of anilines is 2. The SMILES string of the molecule is COc1ccc(N2C(=O)CC(Sc3ccc(NC(=O)/C(=C/c4ccsc4)NC(=O)c4ccccc4)cc3)C2=O)cc1. The van der Waals surface area contributed by atoms with Gasteiger partial charge in [0.05, 0.1) is 18.0 Å². The third kappa shape index (κ3) is 6.74. The summed E-state index contributed by atoms with van der Waals surface area (Å²) >= 11 is 2.78. The third-order valence-electron chi connectivity index (χ3n) is 6.21. The molecule has 0 aliphatic carbocycles. The summed E-state index contributed by atoms with van der Waals surface area (Å²) in [5.41, 5.74) is 2.35. The van der Waals surface area contributed by atoms with Crippen LogP contribution >= 0.6 is 23.1 Å². The number of nitrogens with zero attached hydrogens (tertiary/aromatic N) is 1. The topological polar surface area (TPSA) is 105 Å². The van der Waals surface area contributed by atoms with Gasteiger partial charge in [0.2, 0.25) is 11.8 Å². The summed E-state index contributed by atoms with van der Waals surface area (Å²) in [7, 11) is 1.55. The number of thiophene rings is 1. The molecule has 10 heteroatoms. The number of hydrogen-bond donors (Lipinski definition) is 2. The van der Waals surface area contributed by atoms with Crippen molar-refractivity contribution in [1.29, 1.82) is 0 Å². The minimum Gasteiger partial charge on any atom is -0.497 e. The lowest BCUT2D eigenvalue weighted by Crippen LogP contribution is -2.31. The molecule has 1 aromatic heterocycles. The highest BCUT2D eigenvalue weighted by molar-refractivity contribution is 8.00. The molecule has 1 aliphatic rings. The molecule has 2 heterocycles. The molecule has 206 valence electrons. The highest BCUT2D eigenvalue weighted by atomic mass is 32.2. The second-order valence-electron chi connectivity index (χ2n) is 8.99. The Morgan fingerprint density at radius 3 is 2.37 bits per heavy atom. The summed E-state index contributed by atoms with van der Waals surface area (Å²) in [6, 6.07) is 24.3. The van der Waals surface area contributed by atoms with Crippen molar-refractivity contribution < 1.29 is 23.9 Å². The average molecular weight is 584 g/mol. The Kier molecular flexibility index (Phi) is 8.61. The van der Waals surface area contributed by atoms with E-state index in [0.717, 1.165) is 10.5 Å². The maximum atomic E-state index is 13.2. The van der Waals surface area contributed by atoms with Crippen LogP contribution in [-0.2, 0) is 14.4 Å². The minimum absolute atomic E-state index is 0.0892. The second-order valence-corrected chi connectivity index (χ2v) is 11.0. The van der Waals surface area contributed by atoms with E-state index in [1.807, 2.05) is 22.9 Å². The molecule has 1 saturated heterocycles. The first-order chi connectivity index (χ1) is 19.9. The molecule has 3 aromatic carbocycles. The smallest absolute Gasteiger partial charge is 0.272 e. The fraction of sp³-hybridized carbons (Fsp3) is 0.0968. The van der Waals surface area contributed by atoms with Crippen LogP contribution in [0, 0.1) is 0 Å². The zero-order chi connectivity index (χ0) is 28.8. The predicted octanol–water partition coefficient (Wildman–Crippen LogP) is 5.59. The molecule has 0 bridgehead atoms. The van der Waals surface area contributed by atoms with Crippen molar-refractivity contribution in [3.8, 4) is 5.75 Å². The van der Waals surface area contributed by atoms with Crippen LogP contribution in [0.5, 0.6) is 5.75 Å². The van der Waals surface area contributed by atoms with Crippen LogP contribution in [-0.4, -0.2) is 36.0 Å². The van der Waals surface area contributed by atoms with Gasteiger partial charge < -0.3 is 15.4 Å². The molecule has 0 saturated carbocycles. The number of nitrogens with one attached hydrogen (secondary N) is 2. The average Bonchev–Trinajstić information content (AvgIpc) is 3.61. The zero-order valence-corrected chi connectivity index (χ0v) is 23.5. The number of methoxy groups -OCH3 is 1. The molecule has 4 aromatic rings. The molecule has 1 aliphatic heterocycles. The van der Waals surface area contributed by atoms with Gasteiger partial charge in [-0.05, 0) is 89.1 Å². The normalized spacial score (nSPS) is 15.1. The summed E-state index contributed by atoms with van der Waals surface area (Å²) in [5.74, 6) is -0.774. The number of ether oxygens (including phenoxy) is 1. The molecule has 4 amide bonds. The first kappa shape index (κ1) is 27.9. The number of rotatable bonds is 9. The quantitative estimate of drug-likeness (QED) is 0.197. The number of hydrogen-bond acceptors (Lipinski definition) is 7. The Balaban J connectivity index is 1.24. The van der Waals surface area contributed by atoms with Crippen LogP contribution in [0.15, 0.2) is 106 Å². The maximum absolute atomic E-state index is 13.2. The fourth-order valence-electron chi connectivity index (χ4n) is 4.14. The fourth-order valence-corrected chi connectivity index (χ4v) is 5.82. The lowest BCUT2D eigenvalue weighted by molar-refractivity contribution is -0.121. The molecular formula is C31H25N3O5S2. The Morgan fingerprint density at radius 1 is 0.976 bits per heavy atom. The van der Waals surface area contributed by atoms with Crippen LogP contribution in [0.4, 0.5) is 11.4 Å². The predicted molar refractivity (Wildman–Crippen MR) is 161 cm³/mol. The Hall–Kier alpha value is -4.67. The number of imide groups is 1. The van der Waals surface area contributed by atoms with Gasteiger partial charge in [-0.1, -0.05) is 18.2 Å². The molecule has 0 radical (unpaired) electrons. The van der Waals surface area contributed by atoms with Crippen LogP contribution in [0.25, 0.3) is 6.08 Å². The summed E-state index contributed by atoms with van der Waals surface area (Å²) < 4.78 is 5.15. The van der Waals surface area contributed by atoms with Gasteiger partial charge >= 0.3 is 0 Å². The third-order valence-corrected chi connectivity index (χ3v) is 8.11. The first-order valence-electron chi connectivity index (χ1n) is 12.6. The van der Waals surface area contributed by atoms with Crippen molar-refractivity contribution >= 4 is 64.2 Å². The molecule has 1 fully saturated rings. The number of carbonyl (C=O) groups excluding carboxylic acids is 4. The van der Waals surface area contributed by atoms with Crippen LogP contribution in [0.2, 0.25) is 0 Å². The highest BCUT2D eigenvalue weighted by Crippen LogP contribution is 2.35. The van der Waals surface area contributed by atoms with Gasteiger partial charge in [0.25, 0.3) is 11.8 Å². The van der Waals surface area contributed by atoms with Crippen molar-refractivity contribution in [3.05, 3.63) is 113 Å². The minimum atomic E-state index is -0.557. The Bertz CT molecular complexity index is 1590. The number of thioether (sulfide) groups is 1. The molecule has 1 atom stereocenters. The standard InChI is InChI=1S/C31H25N3O5S2/c1-39-24-11-9-23(10-12-24)34-28(35)18-27(31(34)38)41-25-13-7-22(8-14-25)32-30(37)26(17-20-15-16-40-19-20)33-29(36)21-5-3-2-4-6-21/h2-17,19,27H,18H2,1H3,(H,32,37)(H,33,36)/b26-17-. The van der Waals surface area contributed by atoms with E-state index in [0.29, 0.717) is 22.7 Å². The molecule has 41 heavy (non-hydrogen) atoms. The van der Waals surface area contributed by atoms with Crippen molar-refractivity contribution in [2.24, 2.45) is 0 Å². The van der Waals surface area contributed by atoms with E-state index < -0.39 is 17.1 Å². The zero-order valence-electron chi connectivity index (χ0n) is 21.9. The molecule has 8 nitrogen and oxygen atoms in total. The molecular weight excluding hydrogens is 558 g/mol. The summed E-state index contributed by atoms with van der Waals surface area (Å²) in [6.45, 7) is 0. The summed E-state index contributed by atoms with van der Waals surface area (Å²) in [6.07, 6.45) is 1.71. The lowest BCUT2D eigenvalue weighted by Gasteiger charge is -2.15. The summed E-state index contributed by atoms with van der Waals surface area (Å²) in [5, 5.41) is 8.73. The molecule has 2 N–H and O–H groups in total. The van der Waals surface area contributed by atoms with Gasteiger partial charge in [0.15, 0.2) is 0 Å². The van der Waals surface area contributed by atoms with Crippen molar-refractivity contribution in [2.75, 3.05) is 17.3 Å². The van der Waals surface area contributed by atoms with Crippen molar-refractivity contribution in [3.63, 3.8) is 0 Å². The monoisotopic (exact) mass is 583 g/mol. The molecule has 5 rings (SSSR count). The van der Waals surface area contributed by atoms with Gasteiger partial charge in [0, 0.05) is 22.6 Å². The van der Waals surface area contributed by atoms with E-state index in [2.05, 4.69) is 10.6 Å². The van der Waals surface area contributed by atoms with E-state index in [1.165, 1.54) is 28.0 Å². The van der Waals surface area contributed by atoms with E-state index in [4.69, 9.17) is 4.74 Å². The van der Waals surface area contributed by atoms with E-state index in [9.17, 15) is 19.2 Å². The Labute approximate surface area is 245 Å². The van der Waals surface area contributed by atoms with Crippen LogP contribution < -0.4 is 20.3 Å². The van der Waals surface area contributed by atoms with Crippen LogP contribution in [0.3, 0.4) is 0 Å². The Morgan fingerprint density at radius 2 is 1.71 bits per heavy atom. The number of amides is 4. The van der Waals surface area contributed by atoms with Gasteiger partial charge in [-0.25, -0.2) is 4.90 Å². The van der Waals surface area contributed by atoms with E-state index >= 15 is 0 Å². The second kappa shape index (κ2) is 12.7. The van der Waals surface area contributed by atoms with Crippen molar-refractivity contribution in [2.45, 2.75) is 16.6 Å². The van der Waals surface area contributed by atoms with Gasteiger partial charge in [-0.2, -0.15) is 11.3 Å². The summed E-state index contributed by atoms with van der Waals surface area (Å²) in [4.78, 5) is 53.6. The van der Waals surface area contributed by atoms with Crippen LogP contribution in [0.1, 0.15) is 22.3 Å². The largest absolute Gasteiger partial charge is 0.497 e. The van der Waals surface area contributed by atoms with E-state index in [1.54, 1.807) is 86.0 Å². The molecule has 0 spiro atoms. The maximum Gasteiger partial charge on any atom is 0.272 e. The lowest BCUT2D eigenvalue weighted by atomic mass is 10.2. The first-order valence-corrected chi connectivity index (χ1v) is 14.4. The van der Waals surface area contributed by atoms with Gasteiger partial charge in [-0.15, -0.1) is 11.8 Å². The number of benzene rings is 3. The highest BCUT2D eigenvalue weighted by Gasteiger charge is 2.40. The number of carbonyl (C=O) groups is 4. The van der Waals surface area contributed by atoms with Gasteiger partial charge in [-0.3, -0.25) is 19.2 Å². The molecule has 1 unspecified atom stereocenters. The van der Waals surface area contributed by atoms with E-state index in [-0.39, 0.29) is 23.9 Å². The van der Waals surface area contributed by atoms with Crippen molar-refractivity contribution in [1.82, 2.24) is 5.32 Å².